The molecule has 0 saturated carbocycles. The van der Waals surface area contributed by atoms with Gasteiger partial charge in [-0.25, -0.2) is 4.79 Å². The molecule has 1 aromatic heterocycles. The van der Waals surface area contributed by atoms with Crippen molar-refractivity contribution in [2.45, 2.75) is 31.7 Å². The van der Waals surface area contributed by atoms with Crippen LogP contribution in [-0.2, 0) is 22.4 Å². The first-order chi connectivity index (χ1) is 7.22. The van der Waals surface area contributed by atoms with Crippen molar-refractivity contribution in [3.63, 3.8) is 0 Å². The van der Waals surface area contributed by atoms with Crippen LogP contribution in [0.1, 0.15) is 34.2 Å². The van der Waals surface area contributed by atoms with E-state index in [9.17, 15) is 4.79 Å². The second-order valence-electron chi connectivity index (χ2n) is 3.81. The van der Waals surface area contributed by atoms with Crippen molar-refractivity contribution in [3.8, 4) is 0 Å². The van der Waals surface area contributed by atoms with Crippen LogP contribution in [0.3, 0.4) is 0 Å². The average molecular weight is 225 g/mol. The Kier molecular flexibility index (Phi) is 3.07. The maximum atomic E-state index is 11.3. The zero-order chi connectivity index (χ0) is 10.8. The van der Waals surface area contributed by atoms with E-state index in [2.05, 4.69) is 10.8 Å². The fourth-order valence-corrected chi connectivity index (χ4v) is 3.16. The van der Waals surface area contributed by atoms with Crippen LogP contribution in [0.2, 0.25) is 0 Å². The summed E-state index contributed by atoms with van der Waals surface area (Å²) >= 11 is 1.66. The molecule has 4 heteroatoms. The fraction of sp³-hybridized carbons (Fsp3) is 0.545. The lowest BCUT2D eigenvalue weighted by Crippen LogP contribution is -2.21. The summed E-state index contributed by atoms with van der Waals surface area (Å²) in [7, 11) is 1.37. The Morgan fingerprint density at radius 1 is 1.53 bits per heavy atom. The van der Waals surface area contributed by atoms with Crippen molar-refractivity contribution < 1.29 is 9.53 Å². The van der Waals surface area contributed by atoms with E-state index in [0.717, 1.165) is 17.7 Å². The third kappa shape index (κ3) is 2.06. The second-order valence-corrected chi connectivity index (χ2v) is 4.97. The summed E-state index contributed by atoms with van der Waals surface area (Å²) in [6.07, 6.45) is 4.75. The molecule has 0 amide bonds. The lowest BCUT2D eigenvalue weighted by Gasteiger charge is -2.08. The van der Waals surface area contributed by atoms with Crippen LogP contribution in [0.25, 0.3) is 0 Å². The van der Waals surface area contributed by atoms with Gasteiger partial charge in [0.25, 0.3) is 0 Å². The van der Waals surface area contributed by atoms with Gasteiger partial charge in [0, 0.05) is 9.75 Å². The zero-order valence-corrected chi connectivity index (χ0v) is 9.60. The van der Waals surface area contributed by atoms with Gasteiger partial charge in [0.05, 0.1) is 7.11 Å². The Balaban J connectivity index is 2.22. The summed E-state index contributed by atoms with van der Waals surface area (Å²) in [5, 5.41) is 0. The maximum Gasteiger partial charge on any atom is 0.328 e. The zero-order valence-electron chi connectivity index (χ0n) is 8.79. The number of thiophene rings is 1. The van der Waals surface area contributed by atoms with Gasteiger partial charge >= 0.3 is 5.97 Å². The maximum absolute atomic E-state index is 11.3. The predicted molar refractivity (Wildman–Crippen MR) is 59.9 cm³/mol. The summed E-state index contributed by atoms with van der Waals surface area (Å²) in [6, 6.07) is 1.46. The Hall–Kier alpha value is -0.870. The van der Waals surface area contributed by atoms with Crippen molar-refractivity contribution in [1.82, 2.24) is 0 Å². The van der Waals surface area contributed by atoms with Crippen LogP contribution in [0.4, 0.5) is 0 Å². The van der Waals surface area contributed by atoms with Gasteiger partial charge in [-0.05, 0) is 37.3 Å². The van der Waals surface area contributed by atoms with Crippen LogP contribution in [-0.4, -0.2) is 13.1 Å². The lowest BCUT2D eigenvalue weighted by molar-refractivity contribution is -0.142. The van der Waals surface area contributed by atoms with E-state index in [4.69, 9.17) is 5.73 Å². The first kappa shape index (κ1) is 10.6. The number of methoxy groups -OCH3 is 1. The monoisotopic (exact) mass is 225 g/mol. The topological polar surface area (TPSA) is 52.3 Å². The molecule has 1 aliphatic rings. The highest BCUT2D eigenvalue weighted by Crippen LogP contribution is 2.32. The van der Waals surface area contributed by atoms with Crippen molar-refractivity contribution >= 4 is 17.3 Å². The summed E-state index contributed by atoms with van der Waals surface area (Å²) < 4.78 is 4.64. The highest BCUT2D eigenvalue weighted by Gasteiger charge is 2.21. The molecule has 0 aliphatic heterocycles. The second kappa shape index (κ2) is 4.33. The molecule has 0 fully saturated rings. The molecular formula is C11H15NO2S. The Labute approximate surface area is 93.2 Å². The predicted octanol–water partition coefficient (Wildman–Crippen LogP) is 1.80. The van der Waals surface area contributed by atoms with Gasteiger partial charge in [0.2, 0.25) is 0 Å². The van der Waals surface area contributed by atoms with Gasteiger partial charge in [-0.15, -0.1) is 11.3 Å². The van der Waals surface area contributed by atoms with Crippen LogP contribution in [0.15, 0.2) is 6.07 Å². The van der Waals surface area contributed by atoms with Gasteiger partial charge in [-0.1, -0.05) is 0 Å². The Morgan fingerprint density at radius 2 is 2.27 bits per heavy atom. The number of aryl methyl sites for hydroxylation is 2. The molecule has 2 N–H and O–H groups in total. The number of ether oxygens (including phenoxy) is 1. The third-order valence-electron chi connectivity index (χ3n) is 2.78. The molecule has 0 aromatic carbocycles. The van der Waals surface area contributed by atoms with E-state index in [1.807, 2.05) is 0 Å². The van der Waals surface area contributed by atoms with Gasteiger partial charge in [-0.2, -0.15) is 0 Å². The van der Waals surface area contributed by atoms with Crippen molar-refractivity contribution in [3.05, 3.63) is 21.4 Å². The quantitative estimate of drug-likeness (QED) is 0.781. The number of hydrogen-bond acceptors (Lipinski definition) is 4. The molecule has 0 bridgehead atoms. The normalized spacial score (nSPS) is 16.9. The number of carbonyl (C=O) groups excluding carboxylic acids is 1. The van der Waals surface area contributed by atoms with E-state index in [-0.39, 0.29) is 5.97 Å². The molecule has 82 valence electrons. The largest absolute Gasteiger partial charge is 0.468 e. The smallest absolute Gasteiger partial charge is 0.328 e. The highest BCUT2D eigenvalue weighted by molar-refractivity contribution is 7.12. The number of nitrogens with two attached hydrogens (primary N) is 1. The van der Waals surface area contributed by atoms with E-state index in [0.29, 0.717) is 0 Å². The fourth-order valence-electron chi connectivity index (χ4n) is 1.91. The summed E-state index contributed by atoms with van der Waals surface area (Å²) in [5.41, 5.74) is 7.17. The lowest BCUT2D eigenvalue weighted by atomic mass is 9.99. The summed E-state index contributed by atoms with van der Waals surface area (Å²) in [4.78, 5) is 13.6. The van der Waals surface area contributed by atoms with Crippen molar-refractivity contribution in [1.29, 1.82) is 0 Å². The molecule has 3 nitrogen and oxygen atoms in total. The van der Waals surface area contributed by atoms with E-state index in [1.54, 1.807) is 11.3 Å². The number of esters is 1. The molecule has 15 heavy (non-hydrogen) atoms. The average Bonchev–Trinajstić information content (AvgIpc) is 2.70. The van der Waals surface area contributed by atoms with E-state index in [1.165, 1.54) is 30.4 Å². The van der Waals surface area contributed by atoms with Gasteiger partial charge in [0.15, 0.2) is 0 Å². The molecule has 0 saturated heterocycles. The SMILES string of the molecule is COC(=O)C(N)c1cc2c(s1)CCCC2. The third-order valence-corrected chi connectivity index (χ3v) is 4.10. The van der Waals surface area contributed by atoms with Crippen molar-refractivity contribution in [2.24, 2.45) is 5.73 Å². The molecule has 0 radical (unpaired) electrons. The number of fused-ring (bicyclic) bond motifs is 1. The summed E-state index contributed by atoms with van der Waals surface area (Å²) in [5.74, 6) is -0.353. The molecule has 0 spiro atoms. The molecule has 1 aromatic rings. The minimum Gasteiger partial charge on any atom is -0.468 e. The van der Waals surface area contributed by atoms with Crippen LogP contribution < -0.4 is 5.73 Å². The standard InChI is InChI=1S/C11H15NO2S/c1-14-11(13)10(12)9-6-7-4-2-3-5-8(7)15-9/h6,10H,2-5,12H2,1H3. The minimum atomic E-state index is -0.606. The number of rotatable bonds is 2. The first-order valence-corrected chi connectivity index (χ1v) is 5.99. The number of carbonyl (C=O) groups is 1. The molecular weight excluding hydrogens is 210 g/mol. The number of hydrogen-bond donors (Lipinski definition) is 1. The first-order valence-electron chi connectivity index (χ1n) is 5.17. The molecule has 1 heterocycles. The summed E-state index contributed by atoms with van der Waals surface area (Å²) in [6.45, 7) is 0. The molecule has 1 unspecified atom stereocenters. The molecule has 2 rings (SSSR count). The van der Waals surface area contributed by atoms with Crippen LogP contribution >= 0.6 is 11.3 Å². The van der Waals surface area contributed by atoms with Crippen LogP contribution in [0.5, 0.6) is 0 Å². The Bertz CT molecular complexity index is 349. The van der Waals surface area contributed by atoms with Gasteiger partial charge in [0.1, 0.15) is 6.04 Å². The van der Waals surface area contributed by atoms with E-state index >= 15 is 0 Å². The van der Waals surface area contributed by atoms with E-state index < -0.39 is 6.04 Å². The molecule has 1 atom stereocenters. The van der Waals surface area contributed by atoms with Crippen molar-refractivity contribution in [2.75, 3.05) is 7.11 Å². The highest BCUT2D eigenvalue weighted by atomic mass is 32.1. The molecule has 1 aliphatic carbocycles. The van der Waals surface area contributed by atoms with Gasteiger partial charge in [-0.3, -0.25) is 0 Å². The van der Waals surface area contributed by atoms with Crippen LogP contribution in [0, 0.1) is 0 Å². The van der Waals surface area contributed by atoms with Gasteiger partial charge < -0.3 is 10.5 Å². The minimum absolute atomic E-state index is 0.353. The Morgan fingerprint density at radius 3 is 2.93 bits per heavy atom.